The number of likely N-dealkylation sites (tertiary alicyclic amines) is 1. The fourth-order valence-electron chi connectivity index (χ4n) is 3.31. The molecule has 0 aliphatic carbocycles. The van der Waals surface area contributed by atoms with Crippen molar-refractivity contribution in [2.24, 2.45) is 11.7 Å². The zero-order valence-corrected chi connectivity index (χ0v) is 20.6. The molecule has 0 spiro atoms. The van der Waals surface area contributed by atoms with Crippen LogP contribution in [-0.4, -0.2) is 57.4 Å². The van der Waals surface area contributed by atoms with E-state index in [1.54, 1.807) is 41.5 Å². The second-order valence-corrected chi connectivity index (χ2v) is 9.84. The lowest BCUT2D eigenvalue weighted by Gasteiger charge is -2.34. The first-order valence-corrected chi connectivity index (χ1v) is 10.8. The molecule has 0 aromatic rings. The first-order chi connectivity index (χ1) is 14.0. The van der Waals surface area contributed by atoms with E-state index in [9.17, 15) is 19.5 Å². The third-order valence-electron chi connectivity index (χ3n) is 4.39. The molecule has 8 nitrogen and oxygen atoms in total. The number of hydrogen-bond acceptors (Lipinski definition) is 6. The van der Waals surface area contributed by atoms with Crippen molar-refractivity contribution < 1.29 is 29.0 Å². The summed E-state index contributed by atoms with van der Waals surface area (Å²) in [6.45, 7) is 15.9. The monoisotopic (exact) mass is 442 g/mol. The highest BCUT2D eigenvalue weighted by Crippen LogP contribution is 2.36. The van der Waals surface area contributed by atoms with Crippen LogP contribution in [0.2, 0.25) is 0 Å². The number of aliphatic hydroxyl groups excluding tert-OH is 1. The van der Waals surface area contributed by atoms with Crippen molar-refractivity contribution >= 4 is 18.0 Å². The number of ether oxygens (including phenoxy) is 2. The minimum Gasteiger partial charge on any atom is -0.458 e. The average Bonchev–Trinajstić information content (AvgIpc) is 2.90. The highest BCUT2D eigenvalue weighted by Gasteiger charge is 2.49. The lowest BCUT2D eigenvalue weighted by Crippen LogP contribution is -2.50. The maximum atomic E-state index is 13.0. The van der Waals surface area contributed by atoms with Gasteiger partial charge in [-0.1, -0.05) is 19.1 Å². The standard InChI is InChI=1S/C21H37NO5.C2H5NO/c1-9-11-14-12-17(18(24)26-20(3,4)5)22(16(14)13-15(23)10-2)19(25)27-21(6,7)8;1-2(3)4/h9,11,14-17,23H,10,12-13H2,1-8H3;1H3,(H2,3,4)/t14-,15?,16-,17-;/m1./s1. The molecule has 1 unspecified atom stereocenters. The average molecular weight is 443 g/mol. The summed E-state index contributed by atoms with van der Waals surface area (Å²) in [5.74, 6) is -0.808. The predicted octanol–water partition coefficient (Wildman–Crippen LogP) is 3.55. The van der Waals surface area contributed by atoms with E-state index in [-0.39, 0.29) is 17.9 Å². The summed E-state index contributed by atoms with van der Waals surface area (Å²) in [7, 11) is 0. The van der Waals surface area contributed by atoms with Crippen LogP contribution in [0.1, 0.15) is 81.6 Å². The van der Waals surface area contributed by atoms with Gasteiger partial charge in [-0.05, 0) is 67.7 Å². The Morgan fingerprint density at radius 3 is 2.00 bits per heavy atom. The Balaban J connectivity index is 0.00000206. The van der Waals surface area contributed by atoms with Crippen LogP contribution in [0.15, 0.2) is 12.2 Å². The van der Waals surface area contributed by atoms with E-state index in [1.807, 2.05) is 26.0 Å². The summed E-state index contributed by atoms with van der Waals surface area (Å²) in [4.78, 5) is 36.5. The molecule has 0 aromatic heterocycles. The lowest BCUT2D eigenvalue weighted by atomic mass is 9.93. The summed E-state index contributed by atoms with van der Waals surface area (Å²) >= 11 is 0. The van der Waals surface area contributed by atoms with E-state index >= 15 is 0 Å². The molecule has 180 valence electrons. The smallest absolute Gasteiger partial charge is 0.411 e. The van der Waals surface area contributed by atoms with E-state index in [1.165, 1.54) is 11.8 Å². The van der Waals surface area contributed by atoms with Gasteiger partial charge in [-0.15, -0.1) is 0 Å². The van der Waals surface area contributed by atoms with Gasteiger partial charge >= 0.3 is 12.1 Å². The first kappa shape index (κ1) is 28.9. The maximum absolute atomic E-state index is 13.0. The predicted molar refractivity (Wildman–Crippen MR) is 120 cm³/mol. The molecule has 1 aliphatic heterocycles. The molecular weight excluding hydrogens is 400 g/mol. The van der Waals surface area contributed by atoms with Gasteiger partial charge in [0.1, 0.15) is 17.2 Å². The van der Waals surface area contributed by atoms with Crippen LogP contribution in [0.25, 0.3) is 0 Å². The minimum absolute atomic E-state index is 0.0405. The zero-order chi connectivity index (χ0) is 24.6. The van der Waals surface area contributed by atoms with Gasteiger partial charge in [0.2, 0.25) is 5.91 Å². The number of esters is 1. The van der Waals surface area contributed by atoms with Gasteiger partial charge < -0.3 is 20.3 Å². The number of hydrogen-bond donors (Lipinski definition) is 2. The van der Waals surface area contributed by atoms with Crippen LogP contribution in [0.5, 0.6) is 0 Å². The molecule has 4 atom stereocenters. The van der Waals surface area contributed by atoms with E-state index in [2.05, 4.69) is 5.73 Å². The van der Waals surface area contributed by atoms with Crippen LogP contribution in [0.4, 0.5) is 4.79 Å². The molecule has 1 heterocycles. The van der Waals surface area contributed by atoms with Crippen LogP contribution >= 0.6 is 0 Å². The second kappa shape index (κ2) is 12.1. The normalized spacial score (nSPS) is 22.5. The van der Waals surface area contributed by atoms with Gasteiger partial charge in [-0.2, -0.15) is 0 Å². The van der Waals surface area contributed by atoms with E-state index in [4.69, 9.17) is 9.47 Å². The molecule has 8 heteroatoms. The molecule has 1 saturated heterocycles. The molecule has 1 fully saturated rings. The second-order valence-electron chi connectivity index (χ2n) is 9.84. The minimum atomic E-state index is -0.727. The fourth-order valence-corrected chi connectivity index (χ4v) is 3.31. The number of amides is 2. The van der Waals surface area contributed by atoms with Crippen LogP contribution in [0, 0.1) is 5.92 Å². The van der Waals surface area contributed by atoms with Crippen LogP contribution in [0.3, 0.4) is 0 Å². The Kier molecular flexibility index (Phi) is 11.3. The zero-order valence-electron chi connectivity index (χ0n) is 20.6. The van der Waals surface area contributed by atoms with Crippen molar-refractivity contribution in [2.45, 2.75) is 111 Å². The van der Waals surface area contributed by atoms with Crippen molar-refractivity contribution in [1.29, 1.82) is 0 Å². The summed E-state index contributed by atoms with van der Waals surface area (Å²) in [6.07, 6.45) is 4.25. The van der Waals surface area contributed by atoms with Gasteiger partial charge in [0.05, 0.1) is 6.10 Å². The van der Waals surface area contributed by atoms with Crippen molar-refractivity contribution in [3.63, 3.8) is 0 Å². The van der Waals surface area contributed by atoms with Crippen molar-refractivity contribution in [3.05, 3.63) is 12.2 Å². The number of nitrogens with zero attached hydrogens (tertiary/aromatic N) is 1. The first-order valence-electron chi connectivity index (χ1n) is 10.8. The molecule has 2 amide bonds. The van der Waals surface area contributed by atoms with Gasteiger partial charge in [-0.3, -0.25) is 9.69 Å². The molecule has 3 N–H and O–H groups in total. The number of allylic oxidation sites excluding steroid dienone is 1. The molecule has 31 heavy (non-hydrogen) atoms. The number of rotatable bonds is 5. The highest BCUT2D eigenvalue weighted by atomic mass is 16.6. The topological polar surface area (TPSA) is 119 Å². The van der Waals surface area contributed by atoms with Gasteiger partial charge in [0, 0.05) is 18.9 Å². The summed E-state index contributed by atoms with van der Waals surface area (Å²) in [6, 6.07) is -1.04. The number of nitrogens with two attached hydrogens (primary N) is 1. The van der Waals surface area contributed by atoms with Gasteiger partial charge in [0.15, 0.2) is 0 Å². The molecule has 1 aliphatic rings. The largest absolute Gasteiger partial charge is 0.458 e. The quantitative estimate of drug-likeness (QED) is 0.496. The molecular formula is C23H42N2O6. The molecule has 0 aromatic carbocycles. The third kappa shape index (κ3) is 11.2. The Morgan fingerprint density at radius 1 is 1.13 bits per heavy atom. The van der Waals surface area contributed by atoms with E-state index in [0.717, 1.165) is 0 Å². The molecule has 0 saturated carbocycles. The number of carbonyl (C=O) groups is 3. The number of aliphatic hydroxyl groups is 1. The number of primary amides is 1. The summed E-state index contributed by atoms with van der Waals surface area (Å²) in [5.41, 5.74) is 3.15. The maximum Gasteiger partial charge on any atom is 0.411 e. The Morgan fingerprint density at radius 2 is 1.61 bits per heavy atom. The van der Waals surface area contributed by atoms with Crippen molar-refractivity contribution in [3.8, 4) is 0 Å². The molecule has 1 rings (SSSR count). The van der Waals surface area contributed by atoms with Gasteiger partial charge in [-0.25, -0.2) is 9.59 Å². The Labute approximate surface area is 187 Å². The molecule has 0 radical (unpaired) electrons. The Hall–Kier alpha value is -2.09. The Bertz CT molecular complexity index is 629. The third-order valence-corrected chi connectivity index (χ3v) is 4.39. The van der Waals surface area contributed by atoms with Crippen LogP contribution < -0.4 is 5.73 Å². The SMILES string of the molecule is CC(N)=O.CC=C[C@@H]1C[C@H](C(=O)OC(C)(C)C)N(C(=O)OC(C)(C)C)[C@@H]1CC(O)CC. The van der Waals surface area contributed by atoms with Crippen LogP contribution in [-0.2, 0) is 19.1 Å². The fraction of sp³-hybridized carbons (Fsp3) is 0.783. The van der Waals surface area contributed by atoms with Crippen molar-refractivity contribution in [1.82, 2.24) is 4.90 Å². The highest BCUT2D eigenvalue weighted by molar-refractivity contribution is 5.83. The lowest BCUT2D eigenvalue weighted by molar-refractivity contribution is -0.160. The van der Waals surface area contributed by atoms with E-state index < -0.39 is 35.4 Å². The summed E-state index contributed by atoms with van der Waals surface area (Å²) in [5, 5.41) is 10.2. The van der Waals surface area contributed by atoms with Crippen molar-refractivity contribution in [2.75, 3.05) is 0 Å². The molecule has 0 bridgehead atoms. The van der Waals surface area contributed by atoms with E-state index in [0.29, 0.717) is 19.3 Å². The number of carbonyl (C=O) groups excluding carboxylic acids is 3. The summed E-state index contributed by atoms with van der Waals surface area (Å²) < 4.78 is 11.1. The van der Waals surface area contributed by atoms with Gasteiger partial charge in [0.25, 0.3) is 0 Å².